The van der Waals surface area contributed by atoms with Gasteiger partial charge in [0.25, 0.3) is 0 Å². The average Bonchev–Trinajstić information content (AvgIpc) is 2.11. The van der Waals surface area contributed by atoms with Crippen LogP contribution in [0.25, 0.3) is 0 Å². The van der Waals surface area contributed by atoms with Gasteiger partial charge in [0.1, 0.15) is 6.20 Å². The molecule has 10 heavy (non-hydrogen) atoms. The predicted molar refractivity (Wildman–Crippen MR) is 28.7 cm³/mol. The van der Waals surface area contributed by atoms with Crippen LogP contribution in [0.2, 0.25) is 0 Å². The van der Waals surface area contributed by atoms with Crippen LogP contribution in [0.5, 0.6) is 0 Å². The molecule has 1 nitrogen and oxygen atoms in total. The molecule has 0 amide bonds. The van der Waals surface area contributed by atoms with Crippen molar-refractivity contribution in [3.8, 4) is 0 Å². The average molecular weight is 147 g/mol. The van der Waals surface area contributed by atoms with E-state index in [0.29, 0.717) is 5.70 Å². The molecule has 54 valence electrons. The fraction of sp³-hybridized carbons (Fsp3) is 0.333. The summed E-state index contributed by atoms with van der Waals surface area (Å²) in [5.41, 5.74) is -0.461. The molecule has 0 N–H and O–H groups in total. The Hall–Kier alpha value is -0.930. The van der Waals surface area contributed by atoms with Crippen LogP contribution in [-0.4, -0.2) is 6.18 Å². The first kappa shape index (κ1) is 7.18. The van der Waals surface area contributed by atoms with Crippen LogP contribution >= 0.6 is 0 Å². The van der Waals surface area contributed by atoms with Gasteiger partial charge in [-0.2, -0.15) is 13.2 Å². The third-order valence-electron chi connectivity index (χ3n) is 1.01. The van der Waals surface area contributed by atoms with Crippen LogP contribution in [0.1, 0.15) is 6.92 Å². The van der Waals surface area contributed by atoms with Crippen LogP contribution in [0.15, 0.2) is 17.3 Å². The molecular formula is C6H4F3N. The lowest BCUT2D eigenvalue weighted by molar-refractivity contribution is -0.0885. The normalized spacial score (nSPS) is 18.0. The molecule has 0 atom stereocenters. The number of halogens is 3. The fourth-order valence-corrected chi connectivity index (χ4v) is 0.567. The zero-order chi connectivity index (χ0) is 7.78. The maximum absolute atomic E-state index is 11.7. The molecule has 0 unspecified atom stereocenters. The molecule has 0 aromatic heterocycles. The zero-order valence-corrected chi connectivity index (χ0v) is 5.16. The van der Waals surface area contributed by atoms with Crippen molar-refractivity contribution in [2.24, 2.45) is 0 Å². The maximum atomic E-state index is 11.7. The number of alkyl halides is 3. The summed E-state index contributed by atoms with van der Waals surface area (Å²) in [6.45, 7) is 1.49. The number of hydrogen-bond acceptors (Lipinski definition) is 0. The molecule has 0 saturated carbocycles. The molecule has 0 spiro atoms. The van der Waals surface area contributed by atoms with Gasteiger partial charge < -0.3 is 0 Å². The van der Waals surface area contributed by atoms with Gasteiger partial charge in [-0.15, -0.1) is 0 Å². The second-order valence-corrected chi connectivity index (χ2v) is 1.92. The Morgan fingerprint density at radius 3 is 2.30 bits per heavy atom. The van der Waals surface area contributed by atoms with Gasteiger partial charge in [-0.1, -0.05) is 0 Å². The smallest absolute Gasteiger partial charge is 0.251 e. The second-order valence-electron chi connectivity index (χ2n) is 1.92. The minimum atomic E-state index is -4.30. The van der Waals surface area contributed by atoms with E-state index in [2.05, 4.69) is 5.32 Å². The summed E-state index contributed by atoms with van der Waals surface area (Å²) < 4.78 is 35.2. The Morgan fingerprint density at radius 2 is 2.10 bits per heavy atom. The van der Waals surface area contributed by atoms with Gasteiger partial charge in [0.2, 0.25) is 0 Å². The molecule has 1 heterocycles. The van der Waals surface area contributed by atoms with Gasteiger partial charge in [0.05, 0.1) is 5.57 Å². The molecule has 0 aliphatic carbocycles. The van der Waals surface area contributed by atoms with Gasteiger partial charge in [0, 0.05) is 5.70 Å². The molecule has 0 aromatic carbocycles. The lowest BCUT2D eigenvalue weighted by Crippen LogP contribution is -2.08. The topological polar surface area (TPSA) is 14.1 Å². The predicted octanol–water partition coefficient (Wildman–Crippen LogP) is 1.76. The van der Waals surface area contributed by atoms with Gasteiger partial charge in [0.15, 0.2) is 0 Å². The van der Waals surface area contributed by atoms with E-state index in [9.17, 15) is 13.2 Å². The Bertz CT molecular complexity index is 200. The first-order valence-electron chi connectivity index (χ1n) is 2.59. The van der Waals surface area contributed by atoms with E-state index in [1.165, 1.54) is 6.92 Å². The molecule has 1 aliphatic rings. The maximum Gasteiger partial charge on any atom is 0.418 e. The molecular weight excluding hydrogens is 143 g/mol. The number of hydrogen-bond donors (Lipinski definition) is 0. The fourth-order valence-electron chi connectivity index (χ4n) is 0.567. The quantitative estimate of drug-likeness (QED) is 0.495. The highest BCUT2D eigenvalue weighted by Gasteiger charge is 2.34. The van der Waals surface area contributed by atoms with Crippen molar-refractivity contribution in [3.63, 3.8) is 0 Å². The van der Waals surface area contributed by atoms with E-state index < -0.39 is 11.7 Å². The van der Waals surface area contributed by atoms with E-state index in [4.69, 9.17) is 0 Å². The van der Waals surface area contributed by atoms with E-state index in [-0.39, 0.29) is 0 Å². The highest BCUT2D eigenvalue weighted by atomic mass is 19.4. The molecule has 0 bridgehead atoms. The van der Waals surface area contributed by atoms with Gasteiger partial charge in [-0.05, 0) is 13.0 Å². The van der Waals surface area contributed by atoms with Crippen LogP contribution in [0, 0.1) is 6.20 Å². The minimum absolute atomic E-state index is 0.340. The molecule has 1 rings (SSSR count). The third-order valence-corrected chi connectivity index (χ3v) is 1.01. The van der Waals surface area contributed by atoms with Crippen molar-refractivity contribution in [2.45, 2.75) is 13.1 Å². The summed E-state index contributed by atoms with van der Waals surface area (Å²) in [6, 6.07) is 0. The first-order chi connectivity index (χ1) is 4.50. The van der Waals surface area contributed by atoms with Gasteiger partial charge in [-0.3, -0.25) is 5.32 Å². The van der Waals surface area contributed by atoms with Crippen molar-refractivity contribution in [1.82, 2.24) is 5.32 Å². The molecule has 0 saturated heterocycles. The molecule has 0 fully saturated rings. The Kier molecular flexibility index (Phi) is 1.46. The SMILES string of the molecule is CC1=CC(C(F)(F)F)=[C][N]1. The minimum Gasteiger partial charge on any atom is -0.251 e. The highest BCUT2D eigenvalue weighted by Crippen LogP contribution is 2.28. The standard InChI is InChI=1S/C6H4F3N/c1-4-2-5(3-10-4)6(7,8)9/h2H,1H3. The second kappa shape index (κ2) is 2.04. The van der Waals surface area contributed by atoms with Gasteiger partial charge in [-0.25, -0.2) is 0 Å². The molecule has 0 aromatic rings. The van der Waals surface area contributed by atoms with Crippen LogP contribution in [-0.2, 0) is 0 Å². The monoisotopic (exact) mass is 147 g/mol. The van der Waals surface area contributed by atoms with Crippen LogP contribution in [0.3, 0.4) is 0 Å². The summed E-state index contributed by atoms with van der Waals surface area (Å²) in [4.78, 5) is 0. The van der Waals surface area contributed by atoms with E-state index in [0.717, 1.165) is 6.08 Å². The first-order valence-corrected chi connectivity index (χ1v) is 2.59. The number of nitrogens with zero attached hydrogens (tertiary/aromatic N) is 1. The summed E-state index contributed by atoms with van der Waals surface area (Å²) in [6.07, 6.45) is -1.48. The molecule has 2 radical (unpaired) electrons. The van der Waals surface area contributed by atoms with Crippen molar-refractivity contribution < 1.29 is 13.2 Å². The Balaban J connectivity index is 2.77. The van der Waals surface area contributed by atoms with E-state index >= 15 is 0 Å². The van der Waals surface area contributed by atoms with Crippen molar-refractivity contribution in [3.05, 3.63) is 23.5 Å². The summed E-state index contributed by atoms with van der Waals surface area (Å²) in [5, 5.41) is 3.34. The van der Waals surface area contributed by atoms with Crippen LogP contribution < -0.4 is 5.32 Å². The summed E-state index contributed by atoms with van der Waals surface area (Å²) >= 11 is 0. The largest absolute Gasteiger partial charge is 0.418 e. The van der Waals surface area contributed by atoms with Crippen LogP contribution in [0.4, 0.5) is 13.2 Å². The summed E-state index contributed by atoms with van der Waals surface area (Å²) in [5.74, 6) is 0. The van der Waals surface area contributed by atoms with Crippen molar-refractivity contribution in [2.75, 3.05) is 0 Å². The Labute approximate surface area is 56.2 Å². The lowest BCUT2D eigenvalue weighted by Gasteiger charge is -2.01. The number of allylic oxidation sites excluding steroid dienone is 3. The third kappa shape index (κ3) is 1.32. The van der Waals surface area contributed by atoms with E-state index in [1.54, 1.807) is 0 Å². The van der Waals surface area contributed by atoms with E-state index in [1.807, 2.05) is 6.20 Å². The summed E-state index contributed by atoms with van der Waals surface area (Å²) in [7, 11) is 0. The molecule has 4 heteroatoms. The highest BCUT2D eigenvalue weighted by molar-refractivity contribution is 5.29. The zero-order valence-electron chi connectivity index (χ0n) is 5.16. The Morgan fingerprint density at radius 1 is 1.50 bits per heavy atom. The van der Waals surface area contributed by atoms with Crippen molar-refractivity contribution >= 4 is 0 Å². The number of rotatable bonds is 0. The molecule has 1 aliphatic heterocycles. The lowest BCUT2D eigenvalue weighted by atomic mass is 10.3. The van der Waals surface area contributed by atoms with Gasteiger partial charge >= 0.3 is 6.18 Å². The van der Waals surface area contributed by atoms with Crippen molar-refractivity contribution in [1.29, 1.82) is 0 Å².